The first-order valence-corrected chi connectivity index (χ1v) is 8.08. The summed E-state index contributed by atoms with van der Waals surface area (Å²) in [6.45, 7) is 3.89. The Hall–Kier alpha value is -0.830. The van der Waals surface area contributed by atoms with E-state index in [1.54, 1.807) is 0 Å². The number of aryl methyl sites for hydroxylation is 1. The SMILES string of the molecule is CCCCCCCCCCCCn1ccnc1CN. The maximum Gasteiger partial charge on any atom is 0.122 e. The molecule has 0 unspecified atom stereocenters. The van der Waals surface area contributed by atoms with Crippen molar-refractivity contribution in [1.82, 2.24) is 9.55 Å². The number of rotatable bonds is 12. The maximum absolute atomic E-state index is 5.63. The van der Waals surface area contributed by atoms with E-state index < -0.39 is 0 Å². The lowest BCUT2D eigenvalue weighted by Gasteiger charge is -2.06. The van der Waals surface area contributed by atoms with E-state index >= 15 is 0 Å². The van der Waals surface area contributed by atoms with Crippen LogP contribution >= 0.6 is 0 Å². The van der Waals surface area contributed by atoms with Gasteiger partial charge in [-0.15, -0.1) is 0 Å². The van der Waals surface area contributed by atoms with Crippen LogP contribution in [-0.4, -0.2) is 9.55 Å². The number of hydrogen-bond donors (Lipinski definition) is 1. The van der Waals surface area contributed by atoms with Gasteiger partial charge in [-0.25, -0.2) is 4.98 Å². The average Bonchev–Trinajstić information content (AvgIpc) is 2.88. The molecule has 0 bridgehead atoms. The van der Waals surface area contributed by atoms with Crippen LogP contribution in [0.1, 0.15) is 77.0 Å². The van der Waals surface area contributed by atoms with Gasteiger partial charge in [0, 0.05) is 18.9 Å². The van der Waals surface area contributed by atoms with E-state index in [1.165, 1.54) is 64.2 Å². The molecule has 0 saturated carbocycles. The minimum absolute atomic E-state index is 0.546. The lowest BCUT2D eigenvalue weighted by molar-refractivity contribution is 0.528. The minimum Gasteiger partial charge on any atom is -0.334 e. The zero-order chi connectivity index (χ0) is 13.8. The summed E-state index contributed by atoms with van der Waals surface area (Å²) in [6, 6.07) is 0. The Bertz CT molecular complexity index is 307. The van der Waals surface area contributed by atoms with Gasteiger partial charge in [0.05, 0.1) is 6.54 Å². The van der Waals surface area contributed by atoms with Gasteiger partial charge in [-0.05, 0) is 6.42 Å². The van der Waals surface area contributed by atoms with Gasteiger partial charge >= 0.3 is 0 Å². The molecule has 19 heavy (non-hydrogen) atoms. The molecule has 2 N–H and O–H groups in total. The van der Waals surface area contributed by atoms with Gasteiger partial charge in [-0.3, -0.25) is 0 Å². The fraction of sp³-hybridized carbons (Fsp3) is 0.812. The van der Waals surface area contributed by atoms with Gasteiger partial charge in [-0.1, -0.05) is 64.7 Å². The normalized spacial score (nSPS) is 11.1. The molecule has 3 nitrogen and oxygen atoms in total. The van der Waals surface area contributed by atoms with Crippen LogP contribution in [-0.2, 0) is 13.1 Å². The third-order valence-electron chi connectivity index (χ3n) is 3.74. The van der Waals surface area contributed by atoms with Crippen molar-refractivity contribution in [3.05, 3.63) is 18.2 Å². The summed E-state index contributed by atoms with van der Waals surface area (Å²) in [5.41, 5.74) is 5.63. The van der Waals surface area contributed by atoms with E-state index in [4.69, 9.17) is 5.73 Å². The van der Waals surface area contributed by atoms with Gasteiger partial charge in [-0.2, -0.15) is 0 Å². The molecule has 0 amide bonds. The van der Waals surface area contributed by atoms with Crippen LogP contribution in [0.2, 0.25) is 0 Å². The fourth-order valence-corrected chi connectivity index (χ4v) is 2.50. The highest BCUT2D eigenvalue weighted by atomic mass is 15.1. The number of nitrogens with two attached hydrogens (primary N) is 1. The van der Waals surface area contributed by atoms with Crippen LogP contribution in [0, 0.1) is 0 Å². The molecule has 1 aromatic heterocycles. The lowest BCUT2D eigenvalue weighted by Crippen LogP contribution is -2.08. The van der Waals surface area contributed by atoms with Gasteiger partial charge in [0.2, 0.25) is 0 Å². The first kappa shape index (κ1) is 16.2. The summed E-state index contributed by atoms with van der Waals surface area (Å²) in [5.74, 6) is 1.01. The van der Waals surface area contributed by atoms with Crippen LogP contribution in [0.15, 0.2) is 12.4 Å². The Morgan fingerprint density at radius 2 is 1.53 bits per heavy atom. The van der Waals surface area contributed by atoms with Crippen molar-refractivity contribution in [3.8, 4) is 0 Å². The van der Waals surface area contributed by atoms with E-state index in [0.717, 1.165) is 12.4 Å². The van der Waals surface area contributed by atoms with Crippen LogP contribution < -0.4 is 5.73 Å². The Labute approximate surface area is 118 Å². The van der Waals surface area contributed by atoms with E-state index in [1.807, 2.05) is 12.4 Å². The molecular weight excluding hydrogens is 234 g/mol. The van der Waals surface area contributed by atoms with E-state index in [2.05, 4.69) is 16.5 Å². The van der Waals surface area contributed by atoms with Crippen molar-refractivity contribution in [2.75, 3.05) is 0 Å². The first-order valence-electron chi connectivity index (χ1n) is 8.08. The van der Waals surface area contributed by atoms with Crippen LogP contribution in [0.25, 0.3) is 0 Å². The molecule has 0 spiro atoms. The van der Waals surface area contributed by atoms with Crippen molar-refractivity contribution >= 4 is 0 Å². The standard InChI is InChI=1S/C16H31N3/c1-2-3-4-5-6-7-8-9-10-11-13-19-14-12-18-16(19)15-17/h12,14H,2-11,13,15,17H2,1H3. The second-order valence-corrected chi connectivity index (χ2v) is 5.42. The topological polar surface area (TPSA) is 43.8 Å². The van der Waals surface area contributed by atoms with E-state index in [9.17, 15) is 0 Å². The summed E-state index contributed by atoms with van der Waals surface area (Å²) in [7, 11) is 0. The monoisotopic (exact) mass is 265 g/mol. The first-order chi connectivity index (χ1) is 9.38. The minimum atomic E-state index is 0.546. The molecule has 0 aromatic carbocycles. The number of imidazole rings is 1. The third kappa shape index (κ3) is 7.36. The van der Waals surface area contributed by atoms with Crippen LogP contribution in [0.4, 0.5) is 0 Å². The molecule has 0 aliphatic rings. The number of aromatic nitrogens is 2. The maximum atomic E-state index is 5.63. The zero-order valence-electron chi connectivity index (χ0n) is 12.6. The Balaban J connectivity index is 1.89. The van der Waals surface area contributed by atoms with E-state index in [0.29, 0.717) is 6.54 Å². The number of hydrogen-bond acceptors (Lipinski definition) is 2. The summed E-state index contributed by atoms with van der Waals surface area (Å²) in [5, 5.41) is 0. The van der Waals surface area contributed by atoms with Crippen LogP contribution in [0.3, 0.4) is 0 Å². The predicted molar refractivity (Wildman–Crippen MR) is 82.0 cm³/mol. The van der Waals surface area contributed by atoms with Crippen molar-refractivity contribution in [2.24, 2.45) is 5.73 Å². The number of nitrogens with zero attached hydrogens (tertiary/aromatic N) is 2. The van der Waals surface area contributed by atoms with Gasteiger partial charge in [0.1, 0.15) is 5.82 Å². The fourth-order valence-electron chi connectivity index (χ4n) is 2.50. The summed E-state index contributed by atoms with van der Waals surface area (Å²) < 4.78 is 2.19. The quantitative estimate of drug-likeness (QED) is 0.574. The second-order valence-electron chi connectivity index (χ2n) is 5.42. The van der Waals surface area contributed by atoms with Gasteiger partial charge in [0.15, 0.2) is 0 Å². The average molecular weight is 265 g/mol. The lowest BCUT2D eigenvalue weighted by atomic mass is 10.1. The van der Waals surface area contributed by atoms with Crippen molar-refractivity contribution < 1.29 is 0 Å². The van der Waals surface area contributed by atoms with Crippen molar-refractivity contribution in [3.63, 3.8) is 0 Å². The molecule has 0 fully saturated rings. The molecule has 1 heterocycles. The Morgan fingerprint density at radius 3 is 2.11 bits per heavy atom. The molecule has 110 valence electrons. The molecule has 1 aromatic rings. The van der Waals surface area contributed by atoms with Crippen LogP contribution in [0.5, 0.6) is 0 Å². The largest absolute Gasteiger partial charge is 0.334 e. The molecule has 0 radical (unpaired) electrons. The molecule has 0 atom stereocenters. The van der Waals surface area contributed by atoms with Crippen molar-refractivity contribution in [1.29, 1.82) is 0 Å². The highest BCUT2D eigenvalue weighted by molar-refractivity contribution is 4.90. The molecule has 3 heteroatoms. The molecule has 1 rings (SSSR count). The summed E-state index contributed by atoms with van der Waals surface area (Å²) >= 11 is 0. The molecule has 0 aliphatic heterocycles. The molecular formula is C16H31N3. The molecule has 0 aliphatic carbocycles. The van der Waals surface area contributed by atoms with Gasteiger partial charge < -0.3 is 10.3 Å². The van der Waals surface area contributed by atoms with E-state index in [-0.39, 0.29) is 0 Å². The predicted octanol–water partition coefficient (Wildman–Crippen LogP) is 4.26. The molecule has 0 saturated heterocycles. The Morgan fingerprint density at radius 1 is 0.947 bits per heavy atom. The van der Waals surface area contributed by atoms with Crippen molar-refractivity contribution in [2.45, 2.75) is 84.2 Å². The Kier molecular flexibility index (Phi) is 9.42. The summed E-state index contributed by atoms with van der Waals surface area (Å²) in [6.07, 6.45) is 17.7. The number of unbranched alkanes of at least 4 members (excludes halogenated alkanes) is 9. The second kappa shape index (κ2) is 11.0. The van der Waals surface area contributed by atoms with Gasteiger partial charge in [0.25, 0.3) is 0 Å². The third-order valence-corrected chi connectivity index (χ3v) is 3.74. The highest BCUT2D eigenvalue weighted by Gasteiger charge is 1.99. The zero-order valence-corrected chi connectivity index (χ0v) is 12.6. The summed E-state index contributed by atoms with van der Waals surface area (Å²) in [4.78, 5) is 4.24. The highest BCUT2D eigenvalue weighted by Crippen LogP contribution is 2.11. The smallest absolute Gasteiger partial charge is 0.122 e.